The Morgan fingerprint density at radius 1 is 1.23 bits per heavy atom. The first-order chi connectivity index (χ1) is 12.1. The number of rotatable bonds is 1. The van der Waals surface area contributed by atoms with Crippen LogP contribution in [0.25, 0.3) is 0 Å². The number of hydrogen-bond acceptors (Lipinski definition) is 5. The summed E-state index contributed by atoms with van der Waals surface area (Å²) in [4.78, 5) is 11.2. The van der Waals surface area contributed by atoms with Crippen molar-refractivity contribution in [2.24, 2.45) is 11.8 Å². The molecule has 0 bridgehead atoms. The molecule has 0 aromatic rings. The van der Waals surface area contributed by atoms with Gasteiger partial charge in [-0.3, -0.25) is 0 Å². The van der Waals surface area contributed by atoms with Gasteiger partial charge in [0.15, 0.2) is 0 Å². The van der Waals surface area contributed by atoms with Gasteiger partial charge in [-0.05, 0) is 64.3 Å². The average Bonchev–Trinajstić information content (AvgIpc) is 3.15. The highest BCUT2D eigenvalue weighted by Crippen LogP contribution is 2.50. The van der Waals surface area contributed by atoms with E-state index < -0.39 is 11.6 Å². The molecule has 3 atom stereocenters. The van der Waals surface area contributed by atoms with E-state index in [1.54, 1.807) is 0 Å². The van der Waals surface area contributed by atoms with E-state index in [1.165, 1.54) is 7.11 Å². The van der Waals surface area contributed by atoms with E-state index in [9.17, 15) is 9.90 Å². The molecule has 0 aromatic carbocycles. The zero-order valence-corrected chi connectivity index (χ0v) is 17.0. The van der Waals surface area contributed by atoms with Crippen LogP contribution >= 0.6 is 0 Å². The van der Waals surface area contributed by atoms with Gasteiger partial charge in [0.05, 0.1) is 18.3 Å². The number of fused-ring (bicyclic) bond motifs is 1. The van der Waals surface area contributed by atoms with Crippen LogP contribution in [0.5, 0.6) is 0 Å². The third kappa shape index (κ3) is 4.00. The molecule has 2 aliphatic carbocycles. The van der Waals surface area contributed by atoms with Crippen LogP contribution in [-0.4, -0.2) is 42.1 Å². The van der Waals surface area contributed by atoms with Crippen molar-refractivity contribution in [2.75, 3.05) is 7.11 Å². The molecular formula is C20H31BO5. The van der Waals surface area contributed by atoms with E-state index in [0.29, 0.717) is 18.8 Å². The fraction of sp³-hybridized carbons (Fsp3) is 0.750. The van der Waals surface area contributed by atoms with Gasteiger partial charge in [-0.2, -0.15) is 0 Å². The second-order valence-corrected chi connectivity index (χ2v) is 8.14. The van der Waals surface area contributed by atoms with Crippen LogP contribution in [0, 0.1) is 23.7 Å². The molecule has 1 heterocycles. The number of allylic oxidation sites excluding steroid dienone is 2. The SMILES string of the molecule is CC.COC(=O)C#CC1(O)CC2C=C(B3OC(C)(C)C(C)(C)O3)CC2C1. The summed E-state index contributed by atoms with van der Waals surface area (Å²) < 4.78 is 16.7. The summed E-state index contributed by atoms with van der Waals surface area (Å²) in [6.07, 6.45) is 4.10. The predicted molar refractivity (Wildman–Crippen MR) is 101 cm³/mol. The van der Waals surface area contributed by atoms with Gasteiger partial charge in [0.25, 0.3) is 0 Å². The van der Waals surface area contributed by atoms with Crippen LogP contribution in [0.1, 0.15) is 60.8 Å². The molecular weight excluding hydrogens is 331 g/mol. The standard InChI is InChI=1S/C18H25BO5.C2H6/c1-16(2)17(3,4)24-19(23-16)14-8-12-10-18(21,11-13(12)9-14)7-6-15(20)22-5;1-2/h8,12-13,21H,9-11H2,1-5H3;1-2H3. The molecule has 0 radical (unpaired) electrons. The molecule has 1 saturated carbocycles. The van der Waals surface area contributed by atoms with Crippen LogP contribution in [-0.2, 0) is 18.8 Å². The third-order valence-corrected chi connectivity index (χ3v) is 5.84. The van der Waals surface area contributed by atoms with Gasteiger partial charge in [0, 0.05) is 5.92 Å². The Morgan fingerprint density at radius 2 is 1.81 bits per heavy atom. The van der Waals surface area contributed by atoms with Crippen molar-refractivity contribution in [1.82, 2.24) is 0 Å². The summed E-state index contributed by atoms with van der Waals surface area (Å²) in [7, 11) is 0.971. The molecule has 0 amide bonds. The molecule has 1 aliphatic heterocycles. The van der Waals surface area contributed by atoms with E-state index in [2.05, 4.69) is 22.7 Å². The fourth-order valence-corrected chi connectivity index (χ4v) is 3.78. The maximum absolute atomic E-state index is 11.2. The minimum atomic E-state index is -1.11. The monoisotopic (exact) mass is 362 g/mol. The Kier molecular flexibility index (Phi) is 5.97. The molecule has 0 spiro atoms. The maximum atomic E-state index is 11.2. The van der Waals surface area contributed by atoms with Crippen molar-refractivity contribution in [3.63, 3.8) is 0 Å². The van der Waals surface area contributed by atoms with Gasteiger partial charge >= 0.3 is 13.1 Å². The van der Waals surface area contributed by atoms with Crippen molar-refractivity contribution in [2.45, 2.75) is 77.6 Å². The second-order valence-electron chi connectivity index (χ2n) is 8.14. The fourth-order valence-electron chi connectivity index (χ4n) is 3.78. The van der Waals surface area contributed by atoms with Crippen LogP contribution in [0.15, 0.2) is 11.5 Å². The number of aliphatic hydroxyl groups is 1. The molecule has 3 rings (SSSR count). The zero-order valence-electron chi connectivity index (χ0n) is 17.0. The van der Waals surface area contributed by atoms with Gasteiger partial charge in [0.1, 0.15) is 5.60 Å². The van der Waals surface area contributed by atoms with E-state index >= 15 is 0 Å². The zero-order chi connectivity index (χ0) is 19.8. The van der Waals surface area contributed by atoms with Gasteiger partial charge in [0.2, 0.25) is 0 Å². The smallest absolute Gasteiger partial charge is 0.459 e. The Balaban J connectivity index is 0.00000117. The Hall–Kier alpha value is -1.29. The number of ether oxygens (including phenoxy) is 1. The molecule has 144 valence electrons. The highest BCUT2D eigenvalue weighted by Gasteiger charge is 2.55. The van der Waals surface area contributed by atoms with Crippen molar-refractivity contribution >= 4 is 13.1 Å². The normalized spacial score (nSPS) is 33.4. The average molecular weight is 362 g/mol. The van der Waals surface area contributed by atoms with Crippen LogP contribution in [0.4, 0.5) is 0 Å². The highest BCUT2D eigenvalue weighted by atomic mass is 16.7. The summed E-state index contributed by atoms with van der Waals surface area (Å²) in [5.74, 6) is 4.99. The van der Waals surface area contributed by atoms with Gasteiger partial charge in [-0.1, -0.05) is 25.8 Å². The lowest BCUT2D eigenvalue weighted by atomic mass is 9.76. The molecule has 5 nitrogen and oxygen atoms in total. The van der Waals surface area contributed by atoms with Crippen molar-refractivity contribution in [3.05, 3.63) is 11.5 Å². The number of carbonyl (C=O) groups is 1. The van der Waals surface area contributed by atoms with Crippen molar-refractivity contribution in [1.29, 1.82) is 0 Å². The summed E-state index contributed by atoms with van der Waals surface area (Å²) in [6.45, 7) is 12.2. The molecule has 1 saturated heterocycles. The molecule has 3 aliphatic rings. The van der Waals surface area contributed by atoms with Crippen LogP contribution < -0.4 is 0 Å². The quantitative estimate of drug-likeness (QED) is 0.336. The first kappa shape index (κ1) is 21.0. The van der Waals surface area contributed by atoms with Crippen molar-refractivity contribution < 1.29 is 23.9 Å². The molecule has 6 heteroatoms. The lowest BCUT2D eigenvalue weighted by molar-refractivity contribution is -0.133. The Morgan fingerprint density at radius 3 is 2.31 bits per heavy atom. The van der Waals surface area contributed by atoms with Crippen LogP contribution in [0.2, 0.25) is 0 Å². The molecule has 2 fully saturated rings. The van der Waals surface area contributed by atoms with Crippen LogP contribution in [0.3, 0.4) is 0 Å². The van der Waals surface area contributed by atoms with Gasteiger partial charge < -0.3 is 19.2 Å². The van der Waals surface area contributed by atoms with E-state index in [4.69, 9.17) is 9.31 Å². The summed E-state index contributed by atoms with van der Waals surface area (Å²) >= 11 is 0. The molecule has 26 heavy (non-hydrogen) atoms. The molecule has 3 unspecified atom stereocenters. The Bertz CT molecular complexity index is 626. The lowest BCUT2D eigenvalue weighted by Crippen LogP contribution is -2.41. The highest BCUT2D eigenvalue weighted by molar-refractivity contribution is 6.54. The number of esters is 1. The topological polar surface area (TPSA) is 65.0 Å². The summed E-state index contributed by atoms with van der Waals surface area (Å²) in [6, 6.07) is 0. The van der Waals surface area contributed by atoms with Crippen molar-refractivity contribution in [3.8, 4) is 11.8 Å². The number of hydrogen-bond donors (Lipinski definition) is 1. The molecule has 0 aromatic heterocycles. The first-order valence-electron chi connectivity index (χ1n) is 9.45. The minimum absolute atomic E-state index is 0.246. The molecule has 1 N–H and O–H groups in total. The van der Waals surface area contributed by atoms with Gasteiger partial charge in [-0.15, -0.1) is 0 Å². The number of carbonyl (C=O) groups excluding carboxylic acids is 1. The largest absolute Gasteiger partial charge is 0.490 e. The first-order valence-corrected chi connectivity index (χ1v) is 9.45. The lowest BCUT2D eigenvalue weighted by Gasteiger charge is -2.32. The summed E-state index contributed by atoms with van der Waals surface area (Å²) in [5.41, 5.74) is -0.639. The van der Waals surface area contributed by atoms with E-state index in [1.807, 2.05) is 41.5 Å². The van der Waals surface area contributed by atoms with E-state index in [-0.39, 0.29) is 24.2 Å². The third-order valence-electron chi connectivity index (χ3n) is 5.84. The van der Waals surface area contributed by atoms with E-state index in [0.717, 1.165) is 11.9 Å². The summed E-state index contributed by atoms with van der Waals surface area (Å²) in [5, 5.41) is 10.6. The minimum Gasteiger partial charge on any atom is -0.459 e. The maximum Gasteiger partial charge on any atom is 0.490 e. The number of methoxy groups -OCH3 is 1. The Labute approximate surface area is 157 Å². The van der Waals surface area contributed by atoms with Gasteiger partial charge in [-0.25, -0.2) is 4.79 Å². The second kappa shape index (κ2) is 7.38. The predicted octanol–water partition coefficient (Wildman–Crippen LogP) is 2.91.